The number of ether oxygens (including phenoxy) is 2. The highest BCUT2D eigenvalue weighted by molar-refractivity contribution is 5.96. The molecule has 0 unspecified atom stereocenters. The molecule has 0 aliphatic heterocycles. The van der Waals surface area contributed by atoms with E-state index in [-0.39, 0.29) is 24.6 Å². The van der Waals surface area contributed by atoms with Gasteiger partial charge in [0.05, 0.1) is 6.61 Å². The number of aromatic nitrogens is 1. The molecule has 0 atom stereocenters. The highest BCUT2D eigenvalue weighted by Crippen LogP contribution is 2.18. The van der Waals surface area contributed by atoms with Gasteiger partial charge in [0.15, 0.2) is 6.61 Å². The Balaban J connectivity index is 2.85. The zero-order valence-corrected chi connectivity index (χ0v) is 12.2. The van der Waals surface area contributed by atoms with Crippen LogP contribution >= 0.6 is 0 Å². The van der Waals surface area contributed by atoms with Crippen molar-refractivity contribution in [2.24, 2.45) is 0 Å². The number of halogens is 3. The first-order valence-corrected chi connectivity index (χ1v) is 6.38. The lowest BCUT2D eigenvalue weighted by atomic mass is 10.2. The molecule has 1 N–H and O–H groups in total. The van der Waals surface area contributed by atoms with Crippen LogP contribution in [0.5, 0.6) is 5.88 Å². The lowest BCUT2D eigenvalue weighted by Crippen LogP contribution is -2.38. The highest BCUT2D eigenvalue weighted by Gasteiger charge is 2.29. The van der Waals surface area contributed by atoms with Crippen LogP contribution < -0.4 is 4.74 Å². The number of hydrogen-bond acceptors (Lipinski definition) is 5. The lowest BCUT2D eigenvalue weighted by Gasteiger charge is -2.20. The fourth-order valence-corrected chi connectivity index (χ4v) is 1.58. The lowest BCUT2D eigenvalue weighted by molar-refractivity contribution is -0.154. The van der Waals surface area contributed by atoms with E-state index in [1.165, 1.54) is 13.2 Å². The summed E-state index contributed by atoms with van der Waals surface area (Å²) in [6.45, 7) is -1.98. The Bertz CT molecular complexity index is 551. The smallest absolute Gasteiger partial charge is 0.422 e. The summed E-state index contributed by atoms with van der Waals surface area (Å²) in [5, 5.41) is 8.81. The Morgan fingerprint density at radius 3 is 2.65 bits per heavy atom. The topological polar surface area (TPSA) is 89.0 Å². The van der Waals surface area contributed by atoms with E-state index in [1.807, 2.05) is 0 Å². The first kappa shape index (κ1) is 18.7. The minimum atomic E-state index is -4.53. The molecular weight excluding hydrogens is 321 g/mol. The van der Waals surface area contributed by atoms with Crippen LogP contribution in [-0.2, 0) is 9.53 Å². The Labute approximate surface area is 129 Å². The molecule has 128 valence electrons. The van der Waals surface area contributed by atoms with Gasteiger partial charge in [-0.1, -0.05) is 0 Å². The molecule has 0 aliphatic carbocycles. The van der Waals surface area contributed by atoms with E-state index in [0.717, 1.165) is 17.2 Å². The van der Waals surface area contributed by atoms with Gasteiger partial charge in [-0.2, -0.15) is 13.2 Å². The van der Waals surface area contributed by atoms with Crippen LogP contribution in [0.4, 0.5) is 13.2 Å². The zero-order valence-electron chi connectivity index (χ0n) is 12.2. The predicted molar refractivity (Wildman–Crippen MR) is 71.2 cm³/mol. The number of carboxylic acids is 1. The van der Waals surface area contributed by atoms with Gasteiger partial charge in [-0.25, -0.2) is 4.98 Å². The molecule has 0 aromatic carbocycles. The molecule has 0 bridgehead atoms. The number of pyridine rings is 1. The number of rotatable bonds is 8. The summed E-state index contributed by atoms with van der Waals surface area (Å²) in [6.07, 6.45) is -3.43. The van der Waals surface area contributed by atoms with Gasteiger partial charge < -0.3 is 19.5 Å². The van der Waals surface area contributed by atoms with E-state index < -0.39 is 31.2 Å². The van der Waals surface area contributed by atoms with Crippen molar-refractivity contribution in [3.8, 4) is 5.88 Å². The summed E-state index contributed by atoms with van der Waals surface area (Å²) < 4.78 is 45.6. The summed E-state index contributed by atoms with van der Waals surface area (Å²) in [5.74, 6) is -2.28. The van der Waals surface area contributed by atoms with Gasteiger partial charge in [-0.05, 0) is 6.07 Å². The molecule has 0 saturated carbocycles. The molecule has 1 aromatic heterocycles. The van der Waals surface area contributed by atoms with Crippen LogP contribution in [-0.4, -0.2) is 66.5 Å². The van der Waals surface area contributed by atoms with Crippen LogP contribution in [0.2, 0.25) is 0 Å². The van der Waals surface area contributed by atoms with Crippen molar-refractivity contribution >= 4 is 11.9 Å². The van der Waals surface area contributed by atoms with Crippen molar-refractivity contribution in [2.75, 3.05) is 33.4 Å². The third-order valence-electron chi connectivity index (χ3n) is 2.54. The van der Waals surface area contributed by atoms with Gasteiger partial charge in [0.25, 0.3) is 5.91 Å². The Morgan fingerprint density at radius 2 is 2.09 bits per heavy atom. The van der Waals surface area contributed by atoms with E-state index in [1.54, 1.807) is 0 Å². The Kier molecular flexibility index (Phi) is 6.76. The van der Waals surface area contributed by atoms with Gasteiger partial charge in [-0.15, -0.1) is 0 Å². The van der Waals surface area contributed by atoms with E-state index >= 15 is 0 Å². The molecule has 0 aliphatic rings. The van der Waals surface area contributed by atoms with Gasteiger partial charge in [0.1, 0.15) is 6.54 Å². The zero-order chi connectivity index (χ0) is 17.5. The molecule has 0 spiro atoms. The molecule has 1 rings (SSSR count). The van der Waals surface area contributed by atoms with Crippen molar-refractivity contribution in [1.29, 1.82) is 0 Å². The summed E-state index contributed by atoms with van der Waals surface area (Å²) in [7, 11) is 1.39. The number of methoxy groups -OCH3 is 1. The van der Waals surface area contributed by atoms with Gasteiger partial charge in [0, 0.05) is 31.5 Å². The average Bonchev–Trinajstić information content (AvgIpc) is 2.48. The monoisotopic (exact) mass is 336 g/mol. The SMILES string of the molecule is COCCN(CC(=O)O)C(=O)c1ccnc(OCC(F)(F)F)c1. The largest absolute Gasteiger partial charge is 0.480 e. The van der Waals surface area contributed by atoms with Crippen LogP contribution in [0.1, 0.15) is 10.4 Å². The molecule has 1 heterocycles. The number of aliphatic carboxylic acids is 1. The third-order valence-corrected chi connectivity index (χ3v) is 2.54. The maximum absolute atomic E-state index is 12.2. The first-order valence-electron chi connectivity index (χ1n) is 6.38. The fraction of sp³-hybridized carbons (Fsp3) is 0.462. The second kappa shape index (κ2) is 8.32. The molecule has 0 saturated heterocycles. The van der Waals surface area contributed by atoms with E-state index in [2.05, 4.69) is 9.72 Å². The molecule has 7 nitrogen and oxygen atoms in total. The Hall–Kier alpha value is -2.36. The molecule has 0 radical (unpaired) electrons. The number of amides is 1. The van der Waals surface area contributed by atoms with Crippen molar-refractivity contribution in [1.82, 2.24) is 9.88 Å². The van der Waals surface area contributed by atoms with Crippen LogP contribution in [0.25, 0.3) is 0 Å². The number of hydrogen-bond donors (Lipinski definition) is 1. The fourth-order valence-electron chi connectivity index (χ4n) is 1.58. The minimum Gasteiger partial charge on any atom is -0.480 e. The second-order valence-electron chi connectivity index (χ2n) is 4.40. The van der Waals surface area contributed by atoms with E-state index in [9.17, 15) is 22.8 Å². The van der Waals surface area contributed by atoms with Crippen LogP contribution in [0.15, 0.2) is 18.3 Å². The molecular formula is C13H15F3N2O5. The minimum absolute atomic E-state index is 0.0166. The normalized spacial score (nSPS) is 11.1. The van der Waals surface area contributed by atoms with Crippen molar-refractivity contribution < 1.29 is 37.3 Å². The third kappa shape index (κ3) is 6.96. The molecule has 1 amide bonds. The van der Waals surface area contributed by atoms with Crippen molar-refractivity contribution in [2.45, 2.75) is 6.18 Å². The summed E-state index contributed by atoms with van der Waals surface area (Å²) in [4.78, 5) is 27.6. The standard InChI is InChI=1S/C13H15F3N2O5/c1-22-5-4-18(7-11(19)20)12(21)9-2-3-17-10(6-9)23-8-13(14,15)16/h2-3,6H,4-5,7-8H2,1H3,(H,19,20). The summed E-state index contributed by atoms with van der Waals surface area (Å²) >= 11 is 0. The van der Waals surface area contributed by atoms with Gasteiger partial charge in [0.2, 0.25) is 5.88 Å². The second-order valence-corrected chi connectivity index (χ2v) is 4.40. The van der Waals surface area contributed by atoms with Gasteiger partial charge in [-0.3, -0.25) is 9.59 Å². The molecule has 23 heavy (non-hydrogen) atoms. The average molecular weight is 336 g/mol. The molecule has 10 heteroatoms. The maximum Gasteiger partial charge on any atom is 0.422 e. The highest BCUT2D eigenvalue weighted by atomic mass is 19.4. The number of carbonyl (C=O) groups is 2. The Morgan fingerprint density at radius 1 is 1.39 bits per heavy atom. The van der Waals surface area contributed by atoms with E-state index in [0.29, 0.717) is 0 Å². The summed E-state index contributed by atoms with van der Waals surface area (Å²) in [6, 6.07) is 2.28. The number of nitrogens with zero attached hydrogens (tertiary/aromatic N) is 2. The maximum atomic E-state index is 12.2. The van der Waals surface area contributed by atoms with Crippen molar-refractivity contribution in [3.63, 3.8) is 0 Å². The van der Waals surface area contributed by atoms with E-state index in [4.69, 9.17) is 9.84 Å². The van der Waals surface area contributed by atoms with Gasteiger partial charge >= 0.3 is 12.1 Å². The number of carboxylic acid groups (broad SMARTS) is 1. The van der Waals surface area contributed by atoms with Crippen LogP contribution in [0, 0.1) is 0 Å². The summed E-state index contributed by atoms with van der Waals surface area (Å²) in [5.41, 5.74) is -0.0328. The quantitative estimate of drug-likeness (QED) is 0.767. The number of carbonyl (C=O) groups excluding carboxylic acids is 1. The van der Waals surface area contributed by atoms with Crippen molar-refractivity contribution in [3.05, 3.63) is 23.9 Å². The first-order chi connectivity index (χ1) is 10.7. The predicted octanol–water partition coefficient (Wildman–Crippen LogP) is 1.20. The number of alkyl halides is 3. The molecule has 0 fully saturated rings. The van der Waals surface area contributed by atoms with Crippen LogP contribution in [0.3, 0.4) is 0 Å². The molecule has 1 aromatic rings.